The second-order valence-electron chi connectivity index (χ2n) is 8.40. The Morgan fingerprint density at radius 1 is 1.30 bits per heavy atom. The van der Waals surface area contributed by atoms with Gasteiger partial charge in [-0.3, -0.25) is 9.69 Å². The summed E-state index contributed by atoms with van der Waals surface area (Å²) >= 11 is 0. The Labute approximate surface area is 177 Å². The zero-order valence-corrected chi connectivity index (χ0v) is 17.7. The van der Waals surface area contributed by atoms with Crippen molar-refractivity contribution >= 4 is 16.9 Å². The van der Waals surface area contributed by atoms with Crippen molar-refractivity contribution in [1.29, 1.82) is 0 Å². The molecule has 30 heavy (non-hydrogen) atoms. The Balaban J connectivity index is 1.29. The molecule has 0 spiro atoms. The molecule has 0 bridgehead atoms. The minimum absolute atomic E-state index is 0.0764. The summed E-state index contributed by atoms with van der Waals surface area (Å²) in [4.78, 5) is 22.9. The molecule has 1 aliphatic rings. The largest absolute Gasteiger partial charge is 0.508 e. The van der Waals surface area contributed by atoms with Crippen LogP contribution in [-0.2, 0) is 17.8 Å². The van der Waals surface area contributed by atoms with Gasteiger partial charge in [0, 0.05) is 32.0 Å². The third kappa shape index (κ3) is 4.82. The number of aryl methyl sites for hydroxylation is 3. The van der Waals surface area contributed by atoms with E-state index in [9.17, 15) is 9.90 Å². The Bertz CT molecular complexity index is 1040. The van der Waals surface area contributed by atoms with Crippen molar-refractivity contribution in [2.75, 3.05) is 13.1 Å². The summed E-state index contributed by atoms with van der Waals surface area (Å²) in [5.41, 5.74) is 5.54. The Kier molecular flexibility index (Phi) is 6.04. The fourth-order valence-electron chi connectivity index (χ4n) is 4.24. The van der Waals surface area contributed by atoms with E-state index in [1.807, 2.05) is 12.1 Å². The normalized spacial score (nSPS) is 17.3. The third-order valence-corrected chi connectivity index (χ3v) is 6.00. The summed E-state index contributed by atoms with van der Waals surface area (Å²) in [5, 5.41) is 12.9. The van der Waals surface area contributed by atoms with Gasteiger partial charge in [0.05, 0.1) is 11.0 Å². The number of H-pyrrole nitrogens is 1. The highest BCUT2D eigenvalue weighted by Gasteiger charge is 2.21. The SMILES string of the molecule is Cc1ccc2[nH]c(CCC(=O)NC3CCCN(Cc4cccc(O)c4)C3)nc2c1C. The van der Waals surface area contributed by atoms with Crippen molar-refractivity contribution in [2.45, 2.75) is 52.1 Å². The predicted molar refractivity (Wildman–Crippen MR) is 118 cm³/mol. The molecule has 0 saturated carbocycles. The van der Waals surface area contributed by atoms with Crippen LogP contribution in [0.4, 0.5) is 0 Å². The molecule has 1 aromatic heterocycles. The molecule has 0 aliphatic carbocycles. The van der Waals surface area contributed by atoms with Gasteiger partial charge in [0.1, 0.15) is 11.6 Å². The lowest BCUT2D eigenvalue weighted by atomic mass is 10.0. The highest BCUT2D eigenvalue weighted by atomic mass is 16.3. The second-order valence-corrected chi connectivity index (χ2v) is 8.40. The van der Waals surface area contributed by atoms with Crippen molar-refractivity contribution < 1.29 is 9.90 Å². The molecule has 158 valence electrons. The number of nitrogens with zero attached hydrogens (tertiary/aromatic N) is 2. The van der Waals surface area contributed by atoms with Gasteiger partial charge in [-0.05, 0) is 68.1 Å². The molecule has 1 aliphatic heterocycles. The van der Waals surface area contributed by atoms with Crippen LogP contribution in [0.5, 0.6) is 5.75 Å². The molecule has 1 atom stereocenters. The zero-order chi connectivity index (χ0) is 21.1. The van der Waals surface area contributed by atoms with Crippen LogP contribution in [0.25, 0.3) is 11.0 Å². The Morgan fingerprint density at radius 2 is 2.17 bits per heavy atom. The fraction of sp³-hybridized carbons (Fsp3) is 0.417. The first-order chi connectivity index (χ1) is 14.5. The first-order valence-corrected chi connectivity index (χ1v) is 10.7. The topological polar surface area (TPSA) is 81.2 Å². The lowest BCUT2D eigenvalue weighted by Crippen LogP contribution is -2.47. The summed E-state index contributed by atoms with van der Waals surface area (Å²) in [6.45, 7) is 6.81. The molecule has 3 N–H and O–H groups in total. The number of benzene rings is 2. The molecule has 6 nitrogen and oxygen atoms in total. The number of aromatic amines is 1. The smallest absolute Gasteiger partial charge is 0.220 e. The lowest BCUT2D eigenvalue weighted by Gasteiger charge is -2.33. The van der Waals surface area contributed by atoms with E-state index < -0.39 is 0 Å². The number of nitrogens with one attached hydrogen (secondary N) is 2. The van der Waals surface area contributed by atoms with E-state index in [0.29, 0.717) is 18.6 Å². The second kappa shape index (κ2) is 8.88. The number of phenolic OH excluding ortho intramolecular Hbond substituents is 1. The number of imidazole rings is 1. The van der Waals surface area contributed by atoms with Crippen LogP contribution in [0.1, 0.15) is 41.8 Å². The van der Waals surface area contributed by atoms with Crippen LogP contribution in [0, 0.1) is 13.8 Å². The summed E-state index contributed by atoms with van der Waals surface area (Å²) in [6, 6.07) is 11.7. The number of hydrogen-bond acceptors (Lipinski definition) is 4. The van der Waals surface area contributed by atoms with Gasteiger partial charge in [-0.25, -0.2) is 4.98 Å². The van der Waals surface area contributed by atoms with E-state index in [1.54, 1.807) is 12.1 Å². The molecule has 1 fully saturated rings. The summed E-state index contributed by atoms with van der Waals surface area (Å²) in [5.74, 6) is 1.24. The number of fused-ring (bicyclic) bond motifs is 1. The number of aromatic hydroxyl groups is 1. The first-order valence-electron chi connectivity index (χ1n) is 10.7. The van der Waals surface area contributed by atoms with Gasteiger partial charge in [0.25, 0.3) is 0 Å². The molecule has 4 rings (SSSR count). The number of likely N-dealkylation sites (tertiary alicyclic amines) is 1. The standard InChI is InChI=1S/C24H30N4O2/c1-16-8-9-21-24(17(16)2)27-22(26-21)10-11-23(30)25-19-6-4-12-28(15-19)14-18-5-3-7-20(29)13-18/h3,5,7-9,13,19,29H,4,6,10-12,14-15H2,1-2H3,(H,25,30)(H,26,27). The van der Waals surface area contributed by atoms with Gasteiger partial charge >= 0.3 is 0 Å². The number of hydrogen-bond donors (Lipinski definition) is 3. The van der Waals surface area contributed by atoms with Crippen LogP contribution in [-0.4, -0.2) is 45.0 Å². The molecule has 1 saturated heterocycles. The van der Waals surface area contributed by atoms with Crippen molar-refractivity contribution in [1.82, 2.24) is 20.2 Å². The van der Waals surface area contributed by atoms with Crippen LogP contribution < -0.4 is 5.32 Å². The Morgan fingerprint density at radius 3 is 3.00 bits per heavy atom. The number of rotatable bonds is 6. The summed E-state index contributed by atoms with van der Waals surface area (Å²) in [7, 11) is 0. The lowest BCUT2D eigenvalue weighted by molar-refractivity contribution is -0.122. The maximum Gasteiger partial charge on any atom is 0.220 e. The van der Waals surface area contributed by atoms with E-state index in [4.69, 9.17) is 4.98 Å². The monoisotopic (exact) mass is 406 g/mol. The van der Waals surface area contributed by atoms with Gasteiger partial charge in [-0.1, -0.05) is 18.2 Å². The number of amides is 1. The average molecular weight is 407 g/mol. The molecule has 0 radical (unpaired) electrons. The van der Waals surface area contributed by atoms with E-state index in [0.717, 1.165) is 54.9 Å². The van der Waals surface area contributed by atoms with Gasteiger partial charge in [0.15, 0.2) is 0 Å². The number of carbonyl (C=O) groups is 1. The van der Waals surface area contributed by atoms with Gasteiger partial charge in [0.2, 0.25) is 5.91 Å². The average Bonchev–Trinajstić information content (AvgIpc) is 3.14. The predicted octanol–water partition coefficient (Wildman–Crippen LogP) is 3.60. The highest BCUT2D eigenvalue weighted by molar-refractivity contribution is 5.80. The summed E-state index contributed by atoms with van der Waals surface area (Å²) < 4.78 is 0. The zero-order valence-electron chi connectivity index (χ0n) is 17.7. The number of aromatic nitrogens is 2. The fourth-order valence-corrected chi connectivity index (χ4v) is 4.24. The van der Waals surface area contributed by atoms with E-state index >= 15 is 0 Å². The number of carbonyl (C=O) groups excluding carboxylic acids is 1. The molecular weight excluding hydrogens is 376 g/mol. The van der Waals surface area contributed by atoms with Gasteiger partial charge in [-0.2, -0.15) is 0 Å². The van der Waals surface area contributed by atoms with Crippen LogP contribution in [0.3, 0.4) is 0 Å². The van der Waals surface area contributed by atoms with Crippen molar-refractivity contribution in [3.05, 3.63) is 58.9 Å². The van der Waals surface area contributed by atoms with Crippen molar-refractivity contribution in [3.63, 3.8) is 0 Å². The first kappa shape index (κ1) is 20.4. The van der Waals surface area contributed by atoms with Crippen LogP contribution >= 0.6 is 0 Å². The van der Waals surface area contributed by atoms with Crippen molar-refractivity contribution in [3.8, 4) is 5.75 Å². The number of piperidine rings is 1. The molecule has 2 aromatic carbocycles. The Hall–Kier alpha value is -2.86. The molecule has 1 unspecified atom stereocenters. The maximum absolute atomic E-state index is 12.5. The molecule has 2 heterocycles. The van der Waals surface area contributed by atoms with Gasteiger partial charge < -0.3 is 15.4 Å². The molecular formula is C24H30N4O2. The van der Waals surface area contributed by atoms with Gasteiger partial charge in [-0.15, -0.1) is 0 Å². The van der Waals surface area contributed by atoms with E-state index in [1.165, 1.54) is 11.1 Å². The third-order valence-electron chi connectivity index (χ3n) is 6.00. The molecule has 1 amide bonds. The minimum Gasteiger partial charge on any atom is -0.508 e. The van der Waals surface area contributed by atoms with Crippen LogP contribution in [0.15, 0.2) is 36.4 Å². The number of phenols is 1. The minimum atomic E-state index is 0.0764. The molecule has 3 aromatic rings. The van der Waals surface area contributed by atoms with Crippen LogP contribution in [0.2, 0.25) is 0 Å². The molecule has 6 heteroatoms. The summed E-state index contributed by atoms with van der Waals surface area (Å²) in [6.07, 6.45) is 3.11. The highest BCUT2D eigenvalue weighted by Crippen LogP contribution is 2.20. The maximum atomic E-state index is 12.5. The quantitative estimate of drug-likeness (QED) is 0.584. The van der Waals surface area contributed by atoms with Crippen molar-refractivity contribution in [2.24, 2.45) is 0 Å². The van der Waals surface area contributed by atoms with E-state index in [2.05, 4.69) is 41.2 Å². The van der Waals surface area contributed by atoms with E-state index in [-0.39, 0.29) is 11.9 Å².